The Hall–Kier alpha value is -0.120. The molecule has 2 fully saturated rings. The summed E-state index contributed by atoms with van der Waals surface area (Å²) in [4.78, 5) is 2.45. The SMILES string of the molecule is C1COC(N2CCNCC2)C1. The molecule has 0 saturated carbocycles. The lowest BCUT2D eigenvalue weighted by atomic mass is 10.3. The van der Waals surface area contributed by atoms with Crippen molar-refractivity contribution in [2.45, 2.75) is 19.1 Å². The molecule has 2 aliphatic heterocycles. The summed E-state index contributed by atoms with van der Waals surface area (Å²) in [5.74, 6) is 0. The first-order valence-electron chi connectivity index (χ1n) is 4.53. The van der Waals surface area contributed by atoms with Gasteiger partial charge in [0.25, 0.3) is 0 Å². The first-order chi connectivity index (χ1) is 5.47. The monoisotopic (exact) mass is 156 g/mol. The van der Waals surface area contributed by atoms with Crippen LogP contribution in [0.1, 0.15) is 12.8 Å². The fraction of sp³-hybridized carbons (Fsp3) is 1.00. The van der Waals surface area contributed by atoms with Crippen LogP contribution in [0.5, 0.6) is 0 Å². The second-order valence-electron chi connectivity index (χ2n) is 3.25. The van der Waals surface area contributed by atoms with Crippen LogP contribution < -0.4 is 5.32 Å². The van der Waals surface area contributed by atoms with E-state index in [1.165, 1.54) is 12.8 Å². The molecular weight excluding hydrogens is 140 g/mol. The zero-order chi connectivity index (χ0) is 7.52. The number of rotatable bonds is 1. The number of nitrogens with zero attached hydrogens (tertiary/aromatic N) is 1. The molecule has 2 saturated heterocycles. The maximum absolute atomic E-state index is 5.59. The predicted molar refractivity (Wildman–Crippen MR) is 43.4 cm³/mol. The summed E-state index contributed by atoms with van der Waals surface area (Å²) >= 11 is 0. The lowest BCUT2D eigenvalue weighted by Crippen LogP contribution is -2.48. The second kappa shape index (κ2) is 3.52. The largest absolute Gasteiger partial charge is 0.363 e. The summed E-state index contributed by atoms with van der Waals surface area (Å²) in [6.45, 7) is 5.53. The van der Waals surface area contributed by atoms with Gasteiger partial charge in [-0.1, -0.05) is 0 Å². The molecule has 1 unspecified atom stereocenters. The number of piperazine rings is 1. The molecule has 11 heavy (non-hydrogen) atoms. The molecule has 0 aliphatic carbocycles. The molecule has 0 spiro atoms. The van der Waals surface area contributed by atoms with E-state index in [9.17, 15) is 0 Å². The minimum Gasteiger partial charge on any atom is -0.363 e. The van der Waals surface area contributed by atoms with Crippen molar-refractivity contribution in [3.8, 4) is 0 Å². The second-order valence-corrected chi connectivity index (χ2v) is 3.25. The Morgan fingerprint density at radius 3 is 2.73 bits per heavy atom. The summed E-state index contributed by atoms with van der Waals surface area (Å²) in [7, 11) is 0. The summed E-state index contributed by atoms with van der Waals surface area (Å²) in [5, 5.41) is 3.34. The van der Waals surface area contributed by atoms with Crippen molar-refractivity contribution in [3.63, 3.8) is 0 Å². The van der Waals surface area contributed by atoms with E-state index in [1.807, 2.05) is 0 Å². The van der Waals surface area contributed by atoms with E-state index < -0.39 is 0 Å². The topological polar surface area (TPSA) is 24.5 Å². The summed E-state index contributed by atoms with van der Waals surface area (Å²) < 4.78 is 5.59. The molecule has 0 bridgehead atoms. The van der Waals surface area contributed by atoms with E-state index in [-0.39, 0.29) is 0 Å². The van der Waals surface area contributed by atoms with Gasteiger partial charge in [-0.3, -0.25) is 4.90 Å². The van der Waals surface area contributed by atoms with Crippen LogP contribution >= 0.6 is 0 Å². The van der Waals surface area contributed by atoms with Crippen molar-refractivity contribution < 1.29 is 4.74 Å². The Bertz CT molecular complexity index is 117. The van der Waals surface area contributed by atoms with Gasteiger partial charge in [-0.05, 0) is 12.8 Å². The van der Waals surface area contributed by atoms with E-state index >= 15 is 0 Å². The van der Waals surface area contributed by atoms with Crippen molar-refractivity contribution >= 4 is 0 Å². The third kappa shape index (κ3) is 1.72. The molecule has 3 heteroatoms. The highest BCUT2D eigenvalue weighted by atomic mass is 16.5. The molecule has 3 nitrogen and oxygen atoms in total. The number of ether oxygens (including phenoxy) is 1. The Morgan fingerprint density at radius 2 is 2.09 bits per heavy atom. The third-order valence-corrected chi connectivity index (χ3v) is 2.46. The van der Waals surface area contributed by atoms with Crippen LogP contribution in [-0.2, 0) is 4.74 Å². The Morgan fingerprint density at radius 1 is 1.27 bits per heavy atom. The average Bonchev–Trinajstić information content (AvgIpc) is 2.58. The Kier molecular flexibility index (Phi) is 2.41. The lowest BCUT2D eigenvalue weighted by molar-refractivity contribution is -0.0252. The fourth-order valence-corrected chi connectivity index (χ4v) is 1.82. The van der Waals surface area contributed by atoms with Crippen LogP contribution in [0.3, 0.4) is 0 Å². The molecule has 0 aromatic heterocycles. The van der Waals surface area contributed by atoms with E-state index in [0.29, 0.717) is 6.23 Å². The number of hydrogen-bond donors (Lipinski definition) is 1. The van der Waals surface area contributed by atoms with Gasteiger partial charge in [0.05, 0.1) is 0 Å². The molecule has 0 aromatic carbocycles. The van der Waals surface area contributed by atoms with Crippen LogP contribution in [-0.4, -0.2) is 43.9 Å². The van der Waals surface area contributed by atoms with Crippen molar-refractivity contribution in [2.75, 3.05) is 32.8 Å². The molecule has 1 N–H and O–H groups in total. The minimum absolute atomic E-state index is 0.442. The van der Waals surface area contributed by atoms with Crippen molar-refractivity contribution in [1.29, 1.82) is 0 Å². The standard InChI is InChI=1S/C8H16N2O/c1-2-8(11-7-1)10-5-3-9-4-6-10/h8-9H,1-7H2. The Balaban J connectivity index is 1.82. The highest BCUT2D eigenvalue weighted by molar-refractivity contribution is 4.73. The normalized spacial score (nSPS) is 34.4. The average molecular weight is 156 g/mol. The zero-order valence-electron chi connectivity index (χ0n) is 6.88. The first-order valence-corrected chi connectivity index (χ1v) is 4.53. The summed E-state index contributed by atoms with van der Waals surface area (Å²) in [6, 6.07) is 0. The van der Waals surface area contributed by atoms with Crippen LogP contribution in [0, 0.1) is 0 Å². The van der Waals surface area contributed by atoms with Gasteiger partial charge in [-0.15, -0.1) is 0 Å². The quantitative estimate of drug-likeness (QED) is 0.579. The van der Waals surface area contributed by atoms with E-state index in [0.717, 1.165) is 32.8 Å². The van der Waals surface area contributed by atoms with Crippen LogP contribution in [0.2, 0.25) is 0 Å². The third-order valence-electron chi connectivity index (χ3n) is 2.46. The van der Waals surface area contributed by atoms with Gasteiger partial charge >= 0.3 is 0 Å². The smallest absolute Gasteiger partial charge is 0.110 e. The van der Waals surface area contributed by atoms with Crippen LogP contribution in [0.4, 0.5) is 0 Å². The van der Waals surface area contributed by atoms with E-state index in [2.05, 4.69) is 10.2 Å². The van der Waals surface area contributed by atoms with Gasteiger partial charge in [0.15, 0.2) is 0 Å². The number of nitrogens with one attached hydrogen (secondary N) is 1. The van der Waals surface area contributed by atoms with Gasteiger partial charge in [-0.2, -0.15) is 0 Å². The van der Waals surface area contributed by atoms with Gasteiger partial charge in [0.2, 0.25) is 0 Å². The molecule has 2 aliphatic rings. The van der Waals surface area contributed by atoms with Crippen molar-refractivity contribution in [2.24, 2.45) is 0 Å². The molecule has 0 amide bonds. The van der Waals surface area contributed by atoms with E-state index in [1.54, 1.807) is 0 Å². The number of hydrogen-bond acceptors (Lipinski definition) is 3. The van der Waals surface area contributed by atoms with Crippen LogP contribution in [0.25, 0.3) is 0 Å². The maximum Gasteiger partial charge on any atom is 0.110 e. The molecule has 2 heterocycles. The molecule has 0 radical (unpaired) electrons. The fourth-order valence-electron chi connectivity index (χ4n) is 1.82. The maximum atomic E-state index is 5.59. The molecule has 2 rings (SSSR count). The Labute approximate surface area is 67.7 Å². The van der Waals surface area contributed by atoms with E-state index in [4.69, 9.17) is 4.74 Å². The minimum atomic E-state index is 0.442. The molecule has 0 aromatic rings. The van der Waals surface area contributed by atoms with Crippen molar-refractivity contribution in [1.82, 2.24) is 10.2 Å². The molecule has 64 valence electrons. The first kappa shape index (κ1) is 7.53. The summed E-state index contributed by atoms with van der Waals surface area (Å²) in [5.41, 5.74) is 0. The summed E-state index contributed by atoms with van der Waals surface area (Å²) in [6.07, 6.45) is 2.92. The molecular formula is C8H16N2O. The predicted octanol–water partition coefficient (Wildman–Crippen LogP) is 0.0281. The van der Waals surface area contributed by atoms with Gasteiger partial charge in [-0.25, -0.2) is 0 Å². The van der Waals surface area contributed by atoms with Crippen molar-refractivity contribution in [3.05, 3.63) is 0 Å². The van der Waals surface area contributed by atoms with Gasteiger partial charge in [0, 0.05) is 32.8 Å². The van der Waals surface area contributed by atoms with Gasteiger partial charge in [0.1, 0.15) is 6.23 Å². The zero-order valence-corrected chi connectivity index (χ0v) is 6.88. The highest BCUT2D eigenvalue weighted by Crippen LogP contribution is 2.16. The highest BCUT2D eigenvalue weighted by Gasteiger charge is 2.23. The van der Waals surface area contributed by atoms with Crippen LogP contribution in [0.15, 0.2) is 0 Å². The molecule has 1 atom stereocenters. The lowest BCUT2D eigenvalue weighted by Gasteiger charge is -2.31. The van der Waals surface area contributed by atoms with Gasteiger partial charge < -0.3 is 10.1 Å².